The Labute approximate surface area is 190 Å². The Bertz CT molecular complexity index is 779. The predicted octanol–water partition coefficient (Wildman–Crippen LogP) is 3.51. The maximum Gasteiger partial charge on any atom is 0.490 e. The molecule has 1 aliphatic heterocycles. The standard InChI is InChI=1S/C16H22N2O2.2C2HF3O2/c1-3-12(4-1)18-9-10-19-16-14(18)6-7-15(16)20-13-5-2-8-17-11-13;2*3-2(4,5)1(6)7/h2,5,8,11-12,14-16H,1,3-4,6-7,9-10H2;2*(H,6,7)/t14-,15-,16+;;/m0../s1. The van der Waals surface area contributed by atoms with Gasteiger partial charge in [-0.15, -0.1) is 0 Å². The normalized spacial score (nSPS) is 24.9. The minimum absolute atomic E-state index is 0.187. The molecule has 1 aromatic heterocycles. The Morgan fingerprint density at radius 2 is 1.62 bits per heavy atom. The number of carboxylic acid groups (broad SMARTS) is 2. The third kappa shape index (κ3) is 8.01. The summed E-state index contributed by atoms with van der Waals surface area (Å²) in [6, 6.07) is 5.27. The van der Waals surface area contributed by atoms with Crippen molar-refractivity contribution >= 4 is 11.9 Å². The van der Waals surface area contributed by atoms with Gasteiger partial charge in [0, 0.05) is 24.8 Å². The molecule has 2 aliphatic carbocycles. The molecule has 1 saturated heterocycles. The van der Waals surface area contributed by atoms with Crippen LogP contribution in [0.1, 0.15) is 32.1 Å². The summed E-state index contributed by atoms with van der Waals surface area (Å²) in [4.78, 5) is 24.6. The fourth-order valence-corrected chi connectivity index (χ4v) is 3.83. The molecular weight excluding hydrogens is 478 g/mol. The smallest absolute Gasteiger partial charge is 0.486 e. The summed E-state index contributed by atoms with van der Waals surface area (Å²) in [5.41, 5.74) is 0. The number of aliphatic carboxylic acids is 2. The highest BCUT2D eigenvalue weighted by molar-refractivity contribution is 5.73. The molecule has 14 heteroatoms. The molecule has 0 unspecified atom stereocenters. The van der Waals surface area contributed by atoms with Crippen LogP contribution in [-0.4, -0.2) is 81.8 Å². The van der Waals surface area contributed by atoms with Crippen molar-refractivity contribution in [2.45, 2.75) is 68.7 Å². The van der Waals surface area contributed by atoms with Crippen molar-refractivity contribution < 1.29 is 55.6 Å². The fourth-order valence-electron chi connectivity index (χ4n) is 3.83. The first-order chi connectivity index (χ1) is 15.8. The molecular formula is C20H24F6N2O6. The lowest BCUT2D eigenvalue weighted by molar-refractivity contribution is -0.193. The Kier molecular flexibility index (Phi) is 9.50. The third-order valence-electron chi connectivity index (χ3n) is 5.53. The van der Waals surface area contributed by atoms with Crippen LogP contribution in [-0.2, 0) is 14.3 Å². The summed E-state index contributed by atoms with van der Waals surface area (Å²) < 4.78 is 75.6. The monoisotopic (exact) mass is 502 g/mol. The summed E-state index contributed by atoms with van der Waals surface area (Å²) in [5.74, 6) is -4.65. The number of aromatic nitrogens is 1. The average Bonchev–Trinajstić information content (AvgIpc) is 3.11. The quantitative estimate of drug-likeness (QED) is 0.605. The molecule has 3 fully saturated rings. The second-order valence-corrected chi connectivity index (χ2v) is 7.75. The highest BCUT2D eigenvalue weighted by atomic mass is 19.4. The number of carbonyl (C=O) groups is 2. The summed E-state index contributed by atoms with van der Waals surface area (Å²) in [6.45, 7) is 1.95. The van der Waals surface area contributed by atoms with Gasteiger partial charge in [0.2, 0.25) is 0 Å². The van der Waals surface area contributed by atoms with Gasteiger partial charge in [-0.05, 0) is 37.8 Å². The van der Waals surface area contributed by atoms with E-state index >= 15 is 0 Å². The van der Waals surface area contributed by atoms with Gasteiger partial charge in [-0.1, -0.05) is 6.42 Å². The van der Waals surface area contributed by atoms with E-state index in [2.05, 4.69) is 9.88 Å². The molecule has 8 nitrogen and oxygen atoms in total. The number of halogens is 6. The van der Waals surface area contributed by atoms with Crippen molar-refractivity contribution in [1.29, 1.82) is 0 Å². The van der Waals surface area contributed by atoms with Crippen LogP contribution in [0.2, 0.25) is 0 Å². The van der Waals surface area contributed by atoms with E-state index in [1.54, 1.807) is 12.4 Å². The van der Waals surface area contributed by atoms with Crippen molar-refractivity contribution in [3.8, 4) is 5.75 Å². The number of hydrogen-bond donors (Lipinski definition) is 2. The molecule has 2 N–H and O–H groups in total. The van der Waals surface area contributed by atoms with Gasteiger partial charge < -0.3 is 19.7 Å². The van der Waals surface area contributed by atoms with E-state index in [-0.39, 0.29) is 12.2 Å². The van der Waals surface area contributed by atoms with E-state index in [0.717, 1.165) is 31.4 Å². The molecule has 34 heavy (non-hydrogen) atoms. The number of fused-ring (bicyclic) bond motifs is 1. The average molecular weight is 502 g/mol. The van der Waals surface area contributed by atoms with Gasteiger partial charge in [0.25, 0.3) is 0 Å². The van der Waals surface area contributed by atoms with Gasteiger partial charge in [0.15, 0.2) is 0 Å². The zero-order valence-corrected chi connectivity index (χ0v) is 17.8. The second-order valence-electron chi connectivity index (χ2n) is 7.75. The number of ether oxygens (including phenoxy) is 2. The number of rotatable bonds is 3. The van der Waals surface area contributed by atoms with Crippen LogP contribution in [0.4, 0.5) is 26.3 Å². The summed E-state index contributed by atoms with van der Waals surface area (Å²) >= 11 is 0. The molecule has 192 valence electrons. The van der Waals surface area contributed by atoms with Gasteiger partial charge in [-0.25, -0.2) is 9.59 Å². The van der Waals surface area contributed by atoms with Crippen LogP contribution in [0.5, 0.6) is 5.75 Å². The van der Waals surface area contributed by atoms with E-state index < -0.39 is 24.3 Å². The van der Waals surface area contributed by atoms with E-state index in [4.69, 9.17) is 29.3 Å². The van der Waals surface area contributed by atoms with Crippen LogP contribution < -0.4 is 4.74 Å². The van der Waals surface area contributed by atoms with Crippen LogP contribution in [0.15, 0.2) is 24.5 Å². The number of hydrogen-bond acceptors (Lipinski definition) is 6. The van der Waals surface area contributed by atoms with Gasteiger partial charge in [0.1, 0.15) is 18.0 Å². The van der Waals surface area contributed by atoms with E-state index in [1.807, 2.05) is 12.1 Å². The lowest BCUT2D eigenvalue weighted by Crippen LogP contribution is -2.57. The van der Waals surface area contributed by atoms with Crippen LogP contribution in [0, 0.1) is 0 Å². The Balaban J connectivity index is 0.000000244. The van der Waals surface area contributed by atoms with E-state index in [9.17, 15) is 26.3 Å². The first-order valence-corrected chi connectivity index (χ1v) is 10.3. The van der Waals surface area contributed by atoms with Crippen LogP contribution >= 0.6 is 0 Å². The molecule has 0 radical (unpaired) electrons. The van der Waals surface area contributed by atoms with E-state index in [1.165, 1.54) is 25.7 Å². The van der Waals surface area contributed by atoms with Gasteiger partial charge >= 0.3 is 24.3 Å². The van der Waals surface area contributed by atoms with Gasteiger partial charge in [0.05, 0.1) is 12.8 Å². The van der Waals surface area contributed by atoms with Crippen molar-refractivity contribution in [2.24, 2.45) is 0 Å². The van der Waals surface area contributed by atoms with Crippen molar-refractivity contribution in [3.05, 3.63) is 24.5 Å². The second kappa shape index (κ2) is 11.7. The zero-order valence-electron chi connectivity index (χ0n) is 17.8. The highest BCUT2D eigenvalue weighted by Crippen LogP contribution is 2.37. The summed E-state index contributed by atoms with van der Waals surface area (Å²) in [5, 5.41) is 14.2. The van der Waals surface area contributed by atoms with Gasteiger partial charge in [-0.2, -0.15) is 26.3 Å². The molecule has 0 amide bonds. The Morgan fingerprint density at radius 3 is 2.06 bits per heavy atom. The predicted molar refractivity (Wildman–Crippen MR) is 103 cm³/mol. The molecule has 2 heterocycles. The van der Waals surface area contributed by atoms with Crippen molar-refractivity contribution in [3.63, 3.8) is 0 Å². The Morgan fingerprint density at radius 1 is 1.03 bits per heavy atom. The maximum atomic E-state index is 10.6. The molecule has 4 rings (SSSR count). The number of alkyl halides is 6. The molecule has 0 spiro atoms. The third-order valence-corrected chi connectivity index (χ3v) is 5.53. The topological polar surface area (TPSA) is 109 Å². The first kappa shape index (κ1) is 27.6. The lowest BCUT2D eigenvalue weighted by atomic mass is 9.89. The van der Waals surface area contributed by atoms with Gasteiger partial charge in [-0.3, -0.25) is 9.88 Å². The lowest BCUT2D eigenvalue weighted by Gasteiger charge is -2.46. The van der Waals surface area contributed by atoms with E-state index in [0.29, 0.717) is 6.04 Å². The molecule has 1 aromatic rings. The minimum Gasteiger partial charge on any atom is -0.486 e. The largest absolute Gasteiger partial charge is 0.490 e. The molecule has 3 atom stereocenters. The SMILES string of the molecule is O=C(O)C(F)(F)F.O=C(O)C(F)(F)F.c1cncc(O[C@H]2CC[C@H]3[C@H]2OCCN3C2CCC2)c1. The maximum absolute atomic E-state index is 10.6. The van der Waals surface area contributed by atoms with Crippen LogP contribution in [0.25, 0.3) is 0 Å². The molecule has 3 aliphatic rings. The zero-order chi connectivity index (χ0) is 25.5. The molecule has 0 aromatic carbocycles. The Hall–Kier alpha value is -2.61. The number of pyridine rings is 1. The van der Waals surface area contributed by atoms with Crippen molar-refractivity contribution in [1.82, 2.24) is 9.88 Å². The number of nitrogens with zero attached hydrogens (tertiary/aromatic N) is 2. The van der Waals surface area contributed by atoms with Crippen LogP contribution in [0.3, 0.4) is 0 Å². The number of carboxylic acids is 2. The van der Waals surface area contributed by atoms with Crippen molar-refractivity contribution in [2.75, 3.05) is 13.2 Å². The first-order valence-electron chi connectivity index (χ1n) is 10.3. The number of morpholine rings is 1. The minimum atomic E-state index is -5.08. The summed E-state index contributed by atoms with van der Waals surface area (Å²) in [7, 11) is 0. The fraction of sp³-hybridized carbons (Fsp3) is 0.650. The molecule has 2 saturated carbocycles. The molecule has 0 bridgehead atoms. The highest BCUT2D eigenvalue weighted by Gasteiger charge is 2.46. The summed E-state index contributed by atoms with van der Waals surface area (Å²) in [6.07, 6.45) is 0.264.